The fraction of sp³-hybridized carbons (Fsp3) is 0.571. The van der Waals surface area contributed by atoms with Gasteiger partial charge in [0, 0.05) is 37.0 Å². The second-order valence-electron chi connectivity index (χ2n) is 8.66. The minimum absolute atomic E-state index is 0.00190. The maximum atomic E-state index is 14.0. The molecule has 0 aliphatic carbocycles. The van der Waals surface area contributed by atoms with E-state index in [1.165, 1.54) is 17.0 Å². The van der Waals surface area contributed by atoms with Crippen LogP contribution in [0.3, 0.4) is 0 Å². The molecule has 0 spiro atoms. The third-order valence-corrected chi connectivity index (χ3v) is 6.39. The number of nitrogens with one attached hydrogen (secondary N) is 3. The van der Waals surface area contributed by atoms with Crippen molar-refractivity contribution in [3.05, 3.63) is 35.4 Å². The Hall–Kier alpha value is -2.60. The molecule has 0 radical (unpaired) electrons. The Labute approximate surface area is 192 Å². The lowest BCUT2D eigenvalue weighted by atomic mass is 10.0. The van der Waals surface area contributed by atoms with E-state index in [1.807, 2.05) is 4.72 Å². The number of carbonyl (C=O) groups is 3. The van der Waals surface area contributed by atoms with E-state index >= 15 is 0 Å². The van der Waals surface area contributed by atoms with Gasteiger partial charge in [-0.25, -0.2) is 13.5 Å². The molecule has 1 fully saturated rings. The number of halogens is 2. The second-order valence-corrected chi connectivity index (χ2v) is 10.1. The van der Waals surface area contributed by atoms with Crippen LogP contribution in [0.15, 0.2) is 18.2 Å². The lowest BCUT2D eigenvalue weighted by molar-refractivity contribution is -0.132. The summed E-state index contributed by atoms with van der Waals surface area (Å²) in [6, 6.07) is 1.55. The lowest BCUT2D eigenvalue weighted by Gasteiger charge is -2.27. The number of carbonyl (C=O) groups excluding carboxylic acids is 3. The van der Waals surface area contributed by atoms with Crippen molar-refractivity contribution in [3.8, 4) is 0 Å². The SMILES string of the molecule is CC(C)NS(=O)(=O)NC(=O)[C@@H](NC(=O)C[C@@H]1CCC(=O)N1Cc1cccc(F)c1F)C(C)C. The number of rotatable bonds is 10. The summed E-state index contributed by atoms with van der Waals surface area (Å²) in [4.78, 5) is 38.8. The highest BCUT2D eigenvalue weighted by Gasteiger charge is 2.35. The van der Waals surface area contributed by atoms with E-state index < -0.39 is 57.7 Å². The van der Waals surface area contributed by atoms with Crippen molar-refractivity contribution in [2.45, 2.75) is 71.6 Å². The molecule has 3 N–H and O–H groups in total. The largest absolute Gasteiger partial charge is 0.344 e. The predicted octanol–water partition coefficient (Wildman–Crippen LogP) is 1.35. The van der Waals surface area contributed by atoms with Crippen LogP contribution in [0.5, 0.6) is 0 Å². The molecular weight excluding hydrogens is 458 g/mol. The molecular formula is C21H30F2N4O5S. The molecule has 0 bridgehead atoms. The Morgan fingerprint density at radius 3 is 2.45 bits per heavy atom. The van der Waals surface area contributed by atoms with Gasteiger partial charge in [-0.1, -0.05) is 26.0 Å². The molecule has 1 saturated heterocycles. The van der Waals surface area contributed by atoms with Crippen LogP contribution in [0.2, 0.25) is 0 Å². The minimum Gasteiger partial charge on any atom is -0.344 e. The number of nitrogens with zero attached hydrogens (tertiary/aromatic N) is 1. The zero-order valence-corrected chi connectivity index (χ0v) is 19.8. The summed E-state index contributed by atoms with van der Waals surface area (Å²) >= 11 is 0. The molecule has 9 nitrogen and oxygen atoms in total. The summed E-state index contributed by atoms with van der Waals surface area (Å²) in [5, 5.41) is 2.52. The van der Waals surface area contributed by atoms with Gasteiger partial charge in [-0.05, 0) is 32.3 Å². The molecule has 184 valence electrons. The maximum Gasteiger partial charge on any atom is 0.301 e. The van der Waals surface area contributed by atoms with E-state index in [0.29, 0.717) is 6.42 Å². The monoisotopic (exact) mass is 488 g/mol. The van der Waals surface area contributed by atoms with Gasteiger partial charge in [0.05, 0.1) is 0 Å². The van der Waals surface area contributed by atoms with E-state index in [4.69, 9.17) is 0 Å². The van der Waals surface area contributed by atoms with Crippen LogP contribution in [0.25, 0.3) is 0 Å². The number of hydrogen-bond donors (Lipinski definition) is 3. The van der Waals surface area contributed by atoms with E-state index in [1.54, 1.807) is 27.7 Å². The summed E-state index contributed by atoms with van der Waals surface area (Å²) in [6.45, 7) is 6.29. The van der Waals surface area contributed by atoms with E-state index in [-0.39, 0.29) is 30.9 Å². The number of benzene rings is 1. The van der Waals surface area contributed by atoms with Crippen LogP contribution in [0, 0.1) is 17.6 Å². The molecule has 1 aromatic rings. The smallest absolute Gasteiger partial charge is 0.301 e. The van der Waals surface area contributed by atoms with Crippen LogP contribution in [0.4, 0.5) is 8.78 Å². The molecule has 0 saturated carbocycles. The Morgan fingerprint density at radius 2 is 1.85 bits per heavy atom. The first-order valence-electron chi connectivity index (χ1n) is 10.7. The summed E-state index contributed by atoms with van der Waals surface area (Å²) in [5.41, 5.74) is -0.00190. The van der Waals surface area contributed by atoms with Crippen molar-refractivity contribution < 1.29 is 31.6 Å². The van der Waals surface area contributed by atoms with Gasteiger partial charge in [-0.3, -0.25) is 14.4 Å². The number of hydrogen-bond acceptors (Lipinski definition) is 5. The fourth-order valence-electron chi connectivity index (χ4n) is 3.59. The van der Waals surface area contributed by atoms with Gasteiger partial charge in [0.2, 0.25) is 11.8 Å². The first-order valence-corrected chi connectivity index (χ1v) is 12.1. The fourth-order valence-corrected chi connectivity index (χ4v) is 4.67. The quantitative estimate of drug-likeness (QED) is 0.459. The van der Waals surface area contributed by atoms with Crippen molar-refractivity contribution in [1.82, 2.24) is 19.7 Å². The summed E-state index contributed by atoms with van der Waals surface area (Å²) in [7, 11) is -4.09. The lowest BCUT2D eigenvalue weighted by Crippen LogP contribution is -2.54. The average Bonchev–Trinajstić information content (AvgIpc) is 3.01. The van der Waals surface area contributed by atoms with Gasteiger partial charge in [0.1, 0.15) is 6.04 Å². The van der Waals surface area contributed by atoms with Gasteiger partial charge >= 0.3 is 10.2 Å². The summed E-state index contributed by atoms with van der Waals surface area (Å²) in [5.74, 6) is -4.25. The van der Waals surface area contributed by atoms with Crippen molar-refractivity contribution in [2.75, 3.05) is 0 Å². The van der Waals surface area contributed by atoms with Crippen LogP contribution in [-0.4, -0.2) is 49.2 Å². The zero-order valence-electron chi connectivity index (χ0n) is 19.0. The zero-order chi connectivity index (χ0) is 24.9. The minimum atomic E-state index is -4.09. The molecule has 2 atom stereocenters. The molecule has 1 heterocycles. The highest BCUT2D eigenvalue weighted by atomic mass is 32.2. The van der Waals surface area contributed by atoms with Gasteiger partial charge in [-0.2, -0.15) is 13.1 Å². The second kappa shape index (κ2) is 11.0. The van der Waals surface area contributed by atoms with Crippen LogP contribution in [0.1, 0.15) is 52.5 Å². The Morgan fingerprint density at radius 1 is 1.18 bits per heavy atom. The normalized spacial score (nSPS) is 17.5. The van der Waals surface area contributed by atoms with Crippen molar-refractivity contribution >= 4 is 27.9 Å². The van der Waals surface area contributed by atoms with Gasteiger partial charge in [-0.15, -0.1) is 0 Å². The van der Waals surface area contributed by atoms with E-state index in [0.717, 1.165) is 6.07 Å². The highest BCUT2D eigenvalue weighted by Crippen LogP contribution is 2.25. The molecule has 1 aromatic carbocycles. The molecule has 0 aromatic heterocycles. The van der Waals surface area contributed by atoms with E-state index in [2.05, 4.69) is 10.0 Å². The van der Waals surface area contributed by atoms with Gasteiger partial charge in [0.15, 0.2) is 11.6 Å². The molecule has 2 rings (SSSR count). The van der Waals surface area contributed by atoms with Gasteiger partial charge in [0.25, 0.3) is 5.91 Å². The van der Waals surface area contributed by atoms with Gasteiger partial charge < -0.3 is 10.2 Å². The first-order chi connectivity index (χ1) is 15.3. The van der Waals surface area contributed by atoms with Crippen LogP contribution >= 0.6 is 0 Å². The Kier molecular flexibility index (Phi) is 8.89. The summed E-state index contributed by atoms with van der Waals surface area (Å²) < 4.78 is 55.7. The average molecular weight is 489 g/mol. The molecule has 33 heavy (non-hydrogen) atoms. The molecule has 12 heteroatoms. The molecule has 1 aliphatic rings. The molecule has 3 amide bonds. The number of amides is 3. The maximum absolute atomic E-state index is 14.0. The Bertz CT molecular complexity index is 1000. The third kappa shape index (κ3) is 7.46. The molecule has 0 unspecified atom stereocenters. The van der Waals surface area contributed by atoms with E-state index in [9.17, 15) is 31.6 Å². The van der Waals surface area contributed by atoms with Crippen molar-refractivity contribution in [3.63, 3.8) is 0 Å². The Balaban J connectivity index is 2.06. The highest BCUT2D eigenvalue weighted by molar-refractivity contribution is 7.88. The van der Waals surface area contributed by atoms with Crippen LogP contribution in [-0.2, 0) is 31.1 Å². The predicted molar refractivity (Wildman–Crippen MR) is 117 cm³/mol. The first kappa shape index (κ1) is 26.7. The van der Waals surface area contributed by atoms with Crippen molar-refractivity contribution in [2.24, 2.45) is 5.92 Å². The topological polar surface area (TPSA) is 125 Å². The molecule has 1 aliphatic heterocycles. The standard InChI is InChI=1S/C21H30F2N4O5S/c1-12(2)20(21(30)26-33(31,32)25-13(3)4)24-17(28)10-15-8-9-18(29)27(15)11-14-6-5-7-16(22)19(14)23/h5-7,12-13,15,20,25H,8-11H2,1-4H3,(H,24,28)(H,26,30)/t15-,20-/m0/s1. The third-order valence-electron chi connectivity index (χ3n) is 5.14. The number of likely N-dealkylation sites (tertiary alicyclic amines) is 1. The van der Waals surface area contributed by atoms with Crippen molar-refractivity contribution in [1.29, 1.82) is 0 Å². The van der Waals surface area contributed by atoms with Crippen LogP contribution < -0.4 is 14.8 Å². The summed E-state index contributed by atoms with van der Waals surface area (Å²) in [6.07, 6.45) is 0.326.